The summed E-state index contributed by atoms with van der Waals surface area (Å²) in [6.45, 7) is 12.0. The average molecular weight is 710 g/mol. The van der Waals surface area contributed by atoms with Gasteiger partial charge in [0.25, 0.3) is 8.32 Å². The van der Waals surface area contributed by atoms with Crippen LogP contribution in [0.5, 0.6) is 0 Å². The molecule has 0 heterocycles. The standard InChI is InChI=1S/C32H47N3O9S2Si/c1-25(34-30(37)44-31(2,3)4)19-21-46(40,41)35-26(20-22-45(38,39)33-23-29(36)42-8)24-43-47(32(5,6)7,27-15-11-9-12-16-27)28-17-13-10-14-18-28/h9-22,25-26,33,35H,23-24H2,1-8H3,(H,34,37)/b21-19+,22-20+/t25-,26+/m0/s1. The molecule has 2 aromatic carbocycles. The number of rotatable bonds is 15. The molecular formula is C32H47N3O9S2Si. The van der Waals surface area contributed by atoms with E-state index >= 15 is 0 Å². The van der Waals surface area contributed by atoms with Crippen molar-refractivity contribution in [2.75, 3.05) is 20.3 Å². The fourth-order valence-electron chi connectivity index (χ4n) is 4.60. The van der Waals surface area contributed by atoms with Gasteiger partial charge in [0.15, 0.2) is 0 Å². The topological polar surface area (TPSA) is 166 Å². The summed E-state index contributed by atoms with van der Waals surface area (Å²) in [4.78, 5) is 23.6. The van der Waals surface area contributed by atoms with Crippen LogP contribution >= 0.6 is 0 Å². The summed E-state index contributed by atoms with van der Waals surface area (Å²) in [5.41, 5.74) is -0.738. The molecule has 0 aromatic heterocycles. The van der Waals surface area contributed by atoms with E-state index in [1.165, 1.54) is 6.08 Å². The largest absolute Gasteiger partial charge is 0.468 e. The zero-order valence-corrected chi connectivity index (χ0v) is 30.8. The number of hydrogen-bond acceptors (Lipinski definition) is 9. The van der Waals surface area contributed by atoms with Crippen molar-refractivity contribution in [3.05, 3.63) is 83.6 Å². The van der Waals surface area contributed by atoms with Crippen molar-refractivity contribution in [2.24, 2.45) is 0 Å². The zero-order chi connectivity index (χ0) is 35.5. The van der Waals surface area contributed by atoms with Crippen LogP contribution in [-0.2, 0) is 38.7 Å². The summed E-state index contributed by atoms with van der Waals surface area (Å²) in [5.74, 6) is -0.798. The highest BCUT2D eigenvalue weighted by molar-refractivity contribution is 7.92. The van der Waals surface area contributed by atoms with E-state index in [1.807, 2.05) is 60.7 Å². The first kappa shape index (κ1) is 39.8. The Labute approximate surface area is 280 Å². The van der Waals surface area contributed by atoms with Crippen molar-refractivity contribution in [1.29, 1.82) is 0 Å². The molecule has 0 aliphatic carbocycles. The van der Waals surface area contributed by atoms with Gasteiger partial charge < -0.3 is 19.2 Å². The van der Waals surface area contributed by atoms with E-state index in [-0.39, 0.29) is 6.61 Å². The predicted octanol–water partition coefficient (Wildman–Crippen LogP) is 2.88. The number of carbonyl (C=O) groups is 2. The Kier molecular flexibility index (Phi) is 14.1. The van der Waals surface area contributed by atoms with Crippen LogP contribution in [0.25, 0.3) is 0 Å². The third-order valence-corrected chi connectivity index (χ3v) is 13.9. The van der Waals surface area contributed by atoms with E-state index in [1.54, 1.807) is 27.7 Å². The molecule has 0 fully saturated rings. The fourth-order valence-corrected chi connectivity index (χ4v) is 11.1. The lowest BCUT2D eigenvalue weighted by Crippen LogP contribution is -2.67. The van der Waals surface area contributed by atoms with E-state index in [0.29, 0.717) is 0 Å². The van der Waals surface area contributed by atoms with Crippen LogP contribution in [-0.4, -0.2) is 75.2 Å². The molecule has 0 spiro atoms. The van der Waals surface area contributed by atoms with Gasteiger partial charge >= 0.3 is 12.1 Å². The number of methoxy groups -OCH3 is 1. The Morgan fingerprint density at radius 3 is 1.81 bits per heavy atom. The molecule has 0 radical (unpaired) electrons. The highest BCUT2D eigenvalue weighted by Gasteiger charge is 2.50. The summed E-state index contributed by atoms with van der Waals surface area (Å²) in [7, 11) is -10.4. The molecule has 2 rings (SSSR count). The maximum atomic E-state index is 13.3. The summed E-state index contributed by atoms with van der Waals surface area (Å²) in [5, 5.41) is 5.63. The molecule has 0 saturated heterocycles. The number of ether oxygens (including phenoxy) is 2. The molecule has 2 atom stereocenters. The first-order valence-electron chi connectivity index (χ1n) is 14.9. The van der Waals surface area contributed by atoms with Gasteiger partial charge in [0.2, 0.25) is 20.0 Å². The Bertz CT molecular complexity index is 1560. The summed E-state index contributed by atoms with van der Waals surface area (Å²) in [6, 6.07) is 17.4. The van der Waals surface area contributed by atoms with Gasteiger partial charge in [-0.05, 0) is 49.2 Å². The number of benzene rings is 2. The number of amides is 1. The van der Waals surface area contributed by atoms with Crippen LogP contribution in [0.3, 0.4) is 0 Å². The van der Waals surface area contributed by atoms with Crippen LogP contribution < -0.4 is 25.1 Å². The third kappa shape index (κ3) is 13.0. The molecule has 0 aliphatic heterocycles. The van der Waals surface area contributed by atoms with Gasteiger partial charge in [-0.3, -0.25) is 4.79 Å². The molecule has 0 aliphatic rings. The number of carbonyl (C=O) groups excluding carboxylic acids is 2. The Balaban J connectivity index is 2.48. The van der Waals surface area contributed by atoms with Gasteiger partial charge in [-0.25, -0.2) is 31.1 Å². The van der Waals surface area contributed by atoms with Gasteiger partial charge in [-0.15, -0.1) is 0 Å². The molecule has 0 unspecified atom stereocenters. The Morgan fingerprint density at radius 2 is 1.34 bits per heavy atom. The summed E-state index contributed by atoms with van der Waals surface area (Å²) < 4.78 is 72.9. The van der Waals surface area contributed by atoms with Gasteiger partial charge in [0, 0.05) is 16.9 Å². The normalized spacial score (nSPS) is 14.6. The highest BCUT2D eigenvalue weighted by atomic mass is 32.2. The van der Waals surface area contributed by atoms with Crippen LogP contribution in [0.1, 0.15) is 48.5 Å². The molecule has 260 valence electrons. The van der Waals surface area contributed by atoms with Gasteiger partial charge in [0.1, 0.15) is 12.1 Å². The Hall–Kier alpha value is -3.34. The number of alkyl carbamates (subject to hydrolysis) is 1. The SMILES string of the molecule is COC(=O)CNS(=O)(=O)/C=C/[C@H](CO[Si](c1ccccc1)(c1ccccc1)C(C)(C)C)NS(=O)(=O)/C=C/[C@H](C)NC(=O)OC(C)(C)C. The minimum Gasteiger partial charge on any atom is -0.468 e. The first-order chi connectivity index (χ1) is 21.7. The molecule has 0 bridgehead atoms. The third-order valence-electron chi connectivity index (χ3n) is 6.64. The molecule has 12 nitrogen and oxygen atoms in total. The second-order valence-corrected chi connectivity index (χ2v) is 20.3. The van der Waals surface area contributed by atoms with E-state index in [2.05, 4.69) is 40.3 Å². The van der Waals surface area contributed by atoms with Crippen molar-refractivity contribution < 1.29 is 40.3 Å². The number of hydrogen-bond donors (Lipinski definition) is 3. The van der Waals surface area contributed by atoms with Crippen molar-refractivity contribution in [2.45, 2.75) is 71.2 Å². The molecule has 2 aromatic rings. The quantitative estimate of drug-likeness (QED) is 0.186. The lowest BCUT2D eigenvalue weighted by atomic mass is 10.2. The molecular weight excluding hydrogens is 663 g/mol. The van der Waals surface area contributed by atoms with E-state index in [9.17, 15) is 26.4 Å². The maximum absolute atomic E-state index is 13.3. The van der Waals surface area contributed by atoms with E-state index < -0.39 is 69.7 Å². The monoisotopic (exact) mass is 709 g/mol. The second-order valence-electron chi connectivity index (χ2n) is 12.8. The Morgan fingerprint density at radius 1 is 0.830 bits per heavy atom. The van der Waals surface area contributed by atoms with Crippen LogP contribution in [0.4, 0.5) is 4.79 Å². The van der Waals surface area contributed by atoms with Crippen LogP contribution in [0.15, 0.2) is 83.6 Å². The number of nitrogens with one attached hydrogen (secondary N) is 3. The van der Waals surface area contributed by atoms with Crippen LogP contribution in [0, 0.1) is 0 Å². The molecule has 0 saturated carbocycles. The minimum atomic E-state index is -4.20. The van der Waals surface area contributed by atoms with Crippen molar-refractivity contribution in [3.63, 3.8) is 0 Å². The highest BCUT2D eigenvalue weighted by Crippen LogP contribution is 2.36. The van der Waals surface area contributed by atoms with Crippen molar-refractivity contribution in [1.82, 2.24) is 14.8 Å². The fraction of sp³-hybridized carbons (Fsp3) is 0.438. The van der Waals surface area contributed by atoms with Crippen molar-refractivity contribution in [3.8, 4) is 0 Å². The number of esters is 1. The lowest BCUT2D eigenvalue weighted by Gasteiger charge is -2.43. The zero-order valence-electron chi connectivity index (χ0n) is 28.1. The van der Waals surface area contributed by atoms with E-state index in [4.69, 9.17) is 9.16 Å². The minimum absolute atomic E-state index is 0.241. The van der Waals surface area contributed by atoms with Gasteiger partial charge in [0.05, 0.1) is 19.8 Å². The number of sulfonamides is 2. The molecule has 3 N–H and O–H groups in total. The summed E-state index contributed by atoms with van der Waals surface area (Å²) in [6.07, 6.45) is 1.68. The average Bonchev–Trinajstić information content (AvgIpc) is 2.97. The molecule has 1 amide bonds. The lowest BCUT2D eigenvalue weighted by molar-refractivity contribution is -0.139. The summed E-state index contributed by atoms with van der Waals surface area (Å²) >= 11 is 0. The van der Waals surface area contributed by atoms with Gasteiger partial charge in [-0.2, -0.15) is 0 Å². The maximum Gasteiger partial charge on any atom is 0.408 e. The van der Waals surface area contributed by atoms with Crippen LogP contribution in [0.2, 0.25) is 5.04 Å². The predicted molar refractivity (Wildman–Crippen MR) is 185 cm³/mol. The molecule has 15 heteroatoms. The molecule has 47 heavy (non-hydrogen) atoms. The second kappa shape index (κ2) is 16.7. The van der Waals surface area contributed by atoms with Gasteiger partial charge in [-0.1, -0.05) is 87.5 Å². The first-order valence-corrected chi connectivity index (χ1v) is 19.9. The van der Waals surface area contributed by atoms with Crippen molar-refractivity contribution >= 4 is 50.8 Å². The smallest absolute Gasteiger partial charge is 0.408 e. The van der Waals surface area contributed by atoms with E-state index in [0.717, 1.165) is 34.4 Å².